The average Bonchev–Trinajstić information content (AvgIpc) is 2.86. The Labute approximate surface area is 211 Å². The molecule has 1 aliphatic heterocycles. The van der Waals surface area contributed by atoms with Gasteiger partial charge in [0.2, 0.25) is 0 Å². The molecule has 0 unspecified atom stereocenters. The fraction of sp³-hybridized carbons (Fsp3) is 0.212. The van der Waals surface area contributed by atoms with Gasteiger partial charge in [-0.25, -0.2) is 0 Å². The van der Waals surface area contributed by atoms with Gasteiger partial charge in [0.1, 0.15) is 0 Å². The Balaban J connectivity index is 1.96. The quantitative estimate of drug-likeness (QED) is 0.316. The van der Waals surface area contributed by atoms with E-state index in [1.54, 1.807) is 0 Å². The lowest BCUT2D eigenvalue weighted by atomic mass is 9.19. The van der Waals surface area contributed by atoms with Crippen molar-refractivity contribution < 1.29 is 4.39 Å². The largest absolute Gasteiger partial charge is 0.508 e. The second-order valence-electron chi connectivity index (χ2n) is 11.0. The van der Waals surface area contributed by atoms with Gasteiger partial charge < -0.3 is 4.39 Å². The molecule has 0 aliphatic carbocycles. The van der Waals surface area contributed by atoms with Gasteiger partial charge in [-0.1, -0.05) is 131 Å². The molecule has 0 spiro atoms. The van der Waals surface area contributed by atoms with Crippen LogP contribution in [0.5, 0.6) is 0 Å². The van der Waals surface area contributed by atoms with Crippen LogP contribution in [0.3, 0.4) is 0 Å². The molecule has 0 radical (unpaired) electrons. The van der Waals surface area contributed by atoms with Gasteiger partial charge in [-0.3, -0.25) is 0 Å². The second-order valence-corrected chi connectivity index (χ2v) is 11.0. The number of hydrogen-bond acceptors (Lipinski definition) is 0. The Morgan fingerprint density at radius 2 is 1.00 bits per heavy atom. The molecule has 0 atom stereocenters. The molecule has 1 heterocycles. The Morgan fingerprint density at radius 3 is 1.49 bits per heavy atom. The number of nitrogens with zero attached hydrogens (tertiary/aromatic N) is 1. The summed E-state index contributed by atoms with van der Waals surface area (Å²) in [5, 5.41) is 0. The molecule has 176 valence electrons. The Morgan fingerprint density at radius 1 is 0.543 bits per heavy atom. The molecule has 0 saturated heterocycles. The van der Waals surface area contributed by atoms with Crippen LogP contribution in [0.4, 0.5) is 0 Å². The van der Waals surface area contributed by atoms with E-state index in [1.165, 1.54) is 49.8 Å². The van der Waals surface area contributed by atoms with Crippen molar-refractivity contribution in [3.05, 3.63) is 131 Å². The van der Waals surface area contributed by atoms with E-state index in [4.69, 9.17) is 0 Å². The van der Waals surface area contributed by atoms with Crippen LogP contribution in [0, 0.1) is 20.8 Å². The van der Waals surface area contributed by atoms with Crippen LogP contribution in [0.2, 0.25) is 0 Å². The number of benzene rings is 4. The van der Waals surface area contributed by atoms with Gasteiger partial charge in [-0.15, -0.1) is 16.4 Å². The SMILES string of the molecule is Cc1ccc(C2=C(c3ccccc3)CC[N+](C)(C)[B-]2(c2ccc(C)cc2)c2ccc(C)cc2)cc1. The Hall–Kier alpha value is -3.36. The standard InChI is InChI=1S/C33H36BN/c1-25-11-17-29(18-12-25)33-32(28-9-7-6-8-10-28)23-24-35(4,5)34(33,30-19-13-26(2)14-20-30)31-21-15-27(3)16-22-31/h6-22H,23-24H2,1-5H3. The number of quaternary nitrogens is 1. The lowest BCUT2D eigenvalue weighted by molar-refractivity contribution is -0.786. The van der Waals surface area contributed by atoms with Gasteiger partial charge in [0.05, 0.1) is 0 Å². The zero-order chi connectivity index (χ0) is 24.6. The monoisotopic (exact) mass is 457 g/mol. The van der Waals surface area contributed by atoms with Crippen LogP contribution in [0.15, 0.2) is 103 Å². The van der Waals surface area contributed by atoms with Gasteiger partial charge in [0.15, 0.2) is 0 Å². The summed E-state index contributed by atoms with van der Waals surface area (Å²) in [5.74, 6) is 0. The van der Waals surface area contributed by atoms with E-state index in [2.05, 4.69) is 138 Å². The summed E-state index contributed by atoms with van der Waals surface area (Å²) in [4.78, 5) is 0. The van der Waals surface area contributed by atoms with Crippen LogP contribution in [0.1, 0.15) is 34.2 Å². The highest BCUT2D eigenvalue weighted by atomic mass is 15.3. The molecule has 0 aromatic heterocycles. The van der Waals surface area contributed by atoms with E-state index in [9.17, 15) is 0 Å². The third-order valence-corrected chi connectivity index (χ3v) is 8.33. The van der Waals surface area contributed by atoms with E-state index in [1.807, 2.05) is 0 Å². The summed E-state index contributed by atoms with van der Waals surface area (Å²) < 4.78 is 0.922. The minimum Gasteiger partial charge on any atom is -0.508 e. The first kappa shape index (κ1) is 23.4. The smallest absolute Gasteiger partial charge is 0.291 e. The molecule has 0 N–H and O–H groups in total. The van der Waals surface area contributed by atoms with Crippen LogP contribution in [-0.4, -0.2) is 31.3 Å². The normalized spacial score (nSPS) is 16.8. The van der Waals surface area contributed by atoms with Gasteiger partial charge in [0.25, 0.3) is 6.28 Å². The minimum absolute atomic E-state index is 0.922. The van der Waals surface area contributed by atoms with Crippen molar-refractivity contribution in [2.75, 3.05) is 20.6 Å². The second kappa shape index (κ2) is 9.02. The van der Waals surface area contributed by atoms with E-state index in [-0.39, 0.29) is 0 Å². The average molecular weight is 457 g/mol. The first-order valence-corrected chi connectivity index (χ1v) is 12.8. The highest BCUT2D eigenvalue weighted by Gasteiger charge is 2.51. The third-order valence-electron chi connectivity index (χ3n) is 8.33. The third kappa shape index (κ3) is 3.96. The molecule has 5 rings (SSSR count). The molecule has 0 fully saturated rings. The van der Waals surface area contributed by atoms with Crippen LogP contribution < -0.4 is 10.9 Å². The van der Waals surface area contributed by atoms with Crippen LogP contribution >= 0.6 is 0 Å². The molecule has 0 saturated carbocycles. The van der Waals surface area contributed by atoms with Crippen molar-refractivity contribution >= 4 is 28.3 Å². The van der Waals surface area contributed by atoms with Gasteiger partial charge in [-0.05, 0) is 26.3 Å². The molecule has 1 aliphatic rings. The Kier molecular flexibility index (Phi) is 6.03. The molecule has 1 nitrogen and oxygen atoms in total. The zero-order valence-corrected chi connectivity index (χ0v) is 21.8. The highest BCUT2D eigenvalue weighted by molar-refractivity contribution is 7.11. The summed E-state index contributed by atoms with van der Waals surface area (Å²) in [6.07, 6.45) is -0.270. The van der Waals surface area contributed by atoms with Crippen molar-refractivity contribution in [2.45, 2.75) is 27.2 Å². The topological polar surface area (TPSA) is 0 Å². The predicted molar refractivity (Wildman–Crippen MR) is 153 cm³/mol. The van der Waals surface area contributed by atoms with Crippen molar-refractivity contribution in [1.29, 1.82) is 0 Å². The van der Waals surface area contributed by atoms with E-state index in [0.717, 1.165) is 17.4 Å². The molecular weight excluding hydrogens is 421 g/mol. The van der Waals surface area contributed by atoms with Crippen molar-refractivity contribution in [1.82, 2.24) is 0 Å². The Bertz CT molecular complexity index is 1300. The summed E-state index contributed by atoms with van der Waals surface area (Å²) in [6, 6.07) is 39.0. The van der Waals surface area contributed by atoms with E-state index in [0.29, 0.717) is 0 Å². The van der Waals surface area contributed by atoms with Crippen LogP contribution in [0.25, 0.3) is 11.0 Å². The van der Waals surface area contributed by atoms with Crippen molar-refractivity contribution in [3.63, 3.8) is 0 Å². The van der Waals surface area contributed by atoms with Gasteiger partial charge in [0, 0.05) is 27.1 Å². The van der Waals surface area contributed by atoms with Crippen molar-refractivity contribution in [2.24, 2.45) is 0 Å². The summed E-state index contributed by atoms with van der Waals surface area (Å²) in [7, 11) is 4.88. The molecular formula is C33H36BN. The fourth-order valence-corrected chi connectivity index (χ4v) is 6.44. The van der Waals surface area contributed by atoms with E-state index < -0.39 is 6.28 Å². The number of rotatable bonds is 4. The van der Waals surface area contributed by atoms with E-state index >= 15 is 0 Å². The number of hydrogen-bond donors (Lipinski definition) is 0. The highest BCUT2D eigenvalue weighted by Crippen LogP contribution is 2.43. The number of aryl methyl sites for hydroxylation is 3. The first-order valence-electron chi connectivity index (χ1n) is 12.8. The van der Waals surface area contributed by atoms with Gasteiger partial charge in [-0.2, -0.15) is 0 Å². The minimum atomic E-state index is -1.33. The lowest BCUT2D eigenvalue weighted by Gasteiger charge is -2.61. The first-order chi connectivity index (χ1) is 16.8. The molecule has 35 heavy (non-hydrogen) atoms. The van der Waals surface area contributed by atoms with Crippen molar-refractivity contribution in [3.8, 4) is 0 Å². The van der Waals surface area contributed by atoms with Crippen LogP contribution in [-0.2, 0) is 0 Å². The maximum Gasteiger partial charge on any atom is 0.291 e. The molecule has 0 amide bonds. The van der Waals surface area contributed by atoms with Gasteiger partial charge >= 0.3 is 0 Å². The maximum absolute atomic E-state index is 2.44. The predicted octanol–water partition coefficient (Wildman–Crippen LogP) is 6.30. The molecule has 2 heteroatoms. The lowest BCUT2D eigenvalue weighted by Crippen LogP contribution is -2.79. The fourth-order valence-electron chi connectivity index (χ4n) is 6.44. The maximum atomic E-state index is 2.44. The summed E-state index contributed by atoms with van der Waals surface area (Å²) in [5.41, 5.74) is 12.4. The summed E-state index contributed by atoms with van der Waals surface area (Å²) in [6.45, 7) is 7.63. The molecule has 0 bridgehead atoms. The molecule has 4 aromatic rings. The summed E-state index contributed by atoms with van der Waals surface area (Å²) >= 11 is 0. The zero-order valence-electron chi connectivity index (χ0n) is 21.8. The molecule has 4 aromatic carbocycles.